The number of fused-ring (bicyclic) bond motifs is 1. The molecule has 4 aromatic rings. The topological polar surface area (TPSA) is 76.8 Å². The van der Waals surface area contributed by atoms with E-state index in [1.165, 1.54) is 0 Å². The van der Waals surface area contributed by atoms with Gasteiger partial charge in [-0.2, -0.15) is 4.98 Å². The summed E-state index contributed by atoms with van der Waals surface area (Å²) in [6, 6.07) is 14.8. The molecule has 0 saturated carbocycles. The summed E-state index contributed by atoms with van der Waals surface area (Å²) in [6.07, 6.45) is 0. The van der Waals surface area contributed by atoms with E-state index in [2.05, 4.69) is 15.0 Å². The molecule has 0 saturated heterocycles. The number of pyridine rings is 1. The molecule has 28 heavy (non-hydrogen) atoms. The molecule has 140 valence electrons. The maximum atomic E-state index is 6.40. The number of nitrogens with one attached hydrogen (secondary N) is 1. The number of halogens is 2. The number of aromatic amines is 1. The van der Waals surface area contributed by atoms with Crippen LogP contribution in [0.25, 0.3) is 33.4 Å². The average molecular weight is 429 g/mol. The van der Waals surface area contributed by atoms with E-state index in [0.29, 0.717) is 38.2 Å². The van der Waals surface area contributed by atoms with Crippen molar-refractivity contribution in [3.63, 3.8) is 0 Å². The predicted molar refractivity (Wildman–Crippen MR) is 117 cm³/mol. The van der Waals surface area contributed by atoms with Crippen molar-refractivity contribution >= 4 is 52.3 Å². The highest BCUT2D eigenvalue weighted by Crippen LogP contribution is 2.37. The Morgan fingerprint density at radius 3 is 2.46 bits per heavy atom. The fraction of sp³-hybridized carbons (Fsp3) is 0.0500. The molecule has 0 bridgehead atoms. The fourth-order valence-electron chi connectivity index (χ4n) is 3.01. The van der Waals surface area contributed by atoms with Crippen molar-refractivity contribution < 1.29 is 4.74 Å². The molecule has 2 heterocycles. The van der Waals surface area contributed by atoms with Crippen molar-refractivity contribution in [1.82, 2.24) is 15.0 Å². The molecule has 0 aliphatic carbocycles. The fourth-order valence-corrected chi connectivity index (χ4v) is 3.59. The molecule has 3 N–H and O–H groups in total. The first-order chi connectivity index (χ1) is 13.5. The summed E-state index contributed by atoms with van der Waals surface area (Å²) in [4.78, 5) is 11.9. The highest BCUT2D eigenvalue weighted by Gasteiger charge is 2.15. The van der Waals surface area contributed by atoms with E-state index >= 15 is 0 Å². The minimum absolute atomic E-state index is 0.257. The van der Waals surface area contributed by atoms with Crippen LogP contribution in [0.3, 0.4) is 0 Å². The average Bonchev–Trinajstić information content (AvgIpc) is 2.68. The van der Waals surface area contributed by atoms with Gasteiger partial charge >= 0.3 is 0 Å². The second-order valence-electron chi connectivity index (χ2n) is 6.06. The Labute approximate surface area is 176 Å². The van der Waals surface area contributed by atoms with E-state index in [1.54, 1.807) is 25.3 Å². The second-order valence-corrected chi connectivity index (χ2v) is 7.29. The first-order valence-corrected chi connectivity index (χ1v) is 9.43. The number of hydrogen-bond donors (Lipinski definition) is 2. The molecule has 0 amide bonds. The van der Waals surface area contributed by atoms with Crippen LogP contribution in [-0.4, -0.2) is 22.1 Å². The molecule has 2 aromatic carbocycles. The molecule has 5 nitrogen and oxygen atoms in total. The predicted octanol–water partition coefficient (Wildman–Crippen LogP) is 5.92. The second kappa shape index (κ2) is 7.39. The van der Waals surface area contributed by atoms with Crippen molar-refractivity contribution in [1.29, 1.82) is 0 Å². The zero-order valence-corrected chi connectivity index (χ0v) is 17.0. The first kappa shape index (κ1) is 18.7. The third-order valence-electron chi connectivity index (χ3n) is 4.32. The number of methoxy groups -OCH3 is 1. The number of nitrogen functional groups attached to an aromatic ring is 1. The van der Waals surface area contributed by atoms with Gasteiger partial charge in [0.2, 0.25) is 0 Å². The van der Waals surface area contributed by atoms with Crippen LogP contribution in [-0.2, 0) is 0 Å². The van der Waals surface area contributed by atoms with E-state index in [1.807, 2.05) is 30.3 Å². The number of hydrogen-bond acceptors (Lipinski definition) is 5. The Bertz CT molecular complexity index is 1260. The van der Waals surface area contributed by atoms with Crippen LogP contribution >= 0.6 is 35.4 Å². The molecule has 0 fully saturated rings. The van der Waals surface area contributed by atoms with Gasteiger partial charge in [-0.05, 0) is 59.7 Å². The summed E-state index contributed by atoms with van der Waals surface area (Å²) in [5.41, 5.74) is 9.74. The van der Waals surface area contributed by atoms with Crippen molar-refractivity contribution in [2.24, 2.45) is 0 Å². The van der Waals surface area contributed by atoms with E-state index in [9.17, 15) is 0 Å². The number of rotatable bonds is 3. The van der Waals surface area contributed by atoms with Crippen molar-refractivity contribution in [3.05, 3.63) is 63.3 Å². The first-order valence-electron chi connectivity index (χ1n) is 8.26. The molecule has 8 heteroatoms. The number of H-pyrrole nitrogens is 1. The largest absolute Gasteiger partial charge is 0.497 e. The Morgan fingerprint density at radius 1 is 1.00 bits per heavy atom. The van der Waals surface area contributed by atoms with Gasteiger partial charge in [-0.15, -0.1) is 0 Å². The normalized spacial score (nSPS) is 11.0. The van der Waals surface area contributed by atoms with Crippen LogP contribution in [0.5, 0.6) is 5.75 Å². The summed E-state index contributed by atoms with van der Waals surface area (Å²) in [6.45, 7) is 0. The summed E-state index contributed by atoms with van der Waals surface area (Å²) in [7, 11) is 1.62. The molecule has 0 atom stereocenters. The molecule has 0 spiro atoms. The molecular weight excluding hydrogens is 415 g/mol. The summed E-state index contributed by atoms with van der Waals surface area (Å²) in [5.74, 6) is 1.16. The monoisotopic (exact) mass is 428 g/mol. The SMILES string of the molecule is COc1ccc(-c2cc(-c3cc(Cl)ccc3Cl)nc3nc(=S)[nH]c(N)c23)cc1. The lowest BCUT2D eigenvalue weighted by Gasteiger charge is -2.13. The third-order valence-corrected chi connectivity index (χ3v) is 5.08. The Kier molecular flexibility index (Phi) is 4.93. The van der Waals surface area contributed by atoms with Gasteiger partial charge in [0.05, 0.1) is 23.2 Å². The highest BCUT2D eigenvalue weighted by atomic mass is 35.5. The number of aromatic nitrogens is 3. The quantitative estimate of drug-likeness (QED) is 0.396. The van der Waals surface area contributed by atoms with Crippen molar-refractivity contribution in [2.75, 3.05) is 12.8 Å². The number of nitrogens with two attached hydrogens (primary N) is 1. The van der Waals surface area contributed by atoms with Gasteiger partial charge in [-0.3, -0.25) is 0 Å². The third kappa shape index (κ3) is 3.42. The van der Waals surface area contributed by atoms with Crippen LogP contribution in [0.1, 0.15) is 0 Å². The number of benzene rings is 2. The number of ether oxygens (including phenoxy) is 1. The molecule has 0 aliphatic heterocycles. The van der Waals surface area contributed by atoms with Gasteiger partial charge in [0.15, 0.2) is 10.4 Å². The molecule has 4 rings (SSSR count). The van der Waals surface area contributed by atoms with E-state index in [4.69, 9.17) is 45.9 Å². The number of anilines is 1. The molecule has 0 aliphatic rings. The molecule has 0 radical (unpaired) electrons. The van der Waals surface area contributed by atoms with E-state index < -0.39 is 0 Å². The van der Waals surface area contributed by atoms with Gasteiger partial charge in [-0.25, -0.2) is 4.98 Å². The van der Waals surface area contributed by atoms with Gasteiger partial charge in [-0.1, -0.05) is 35.3 Å². The molecule has 2 aromatic heterocycles. The van der Waals surface area contributed by atoms with Crippen molar-refractivity contribution in [3.8, 4) is 28.1 Å². The minimum atomic E-state index is 0.257. The highest BCUT2D eigenvalue weighted by molar-refractivity contribution is 7.71. The van der Waals surface area contributed by atoms with Crippen molar-refractivity contribution in [2.45, 2.75) is 0 Å². The lowest BCUT2D eigenvalue weighted by atomic mass is 9.99. The van der Waals surface area contributed by atoms with Gasteiger partial charge < -0.3 is 15.5 Å². The maximum Gasteiger partial charge on any atom is 0.200 e. The Balaban J connectivity index is 2.06. The maximum absolute atomic E-state index is 6.40. The minimum Gasteiger partial charge on any atom is -0.497 e. The van der Waals surface area contributed by atoms with Crippen LogP contribution < -0.4 is 10.5 Å². The van der Waals surface area contributed by atoms with E-state index in [-0.39, 0.29) is 4.77 Å². The Hall–Kier alpha value is -2.67. The molecular formula is C20H14Cl2N4OS. The van der Waals surface area contributed by atoms with Gasteiger partial charge in [0.1, 0.15) is 11.6 Å². The standard InChI is InChI=1S/C20H14Cl2N4OS/c1-27-12-5-2-10(3-6-12)13-9-16(14-8-11(21)4-7-15(14)22)24-19-17(13)18(23)25-20(28)26-19/h2-9H,1H3,(H3,23,24,25,26,28). The molecule has 0 unspecified atom stereocenters. The van der Waals surface area contributed by atoms with Crippen LogP contribution in [0, 0.1) is 4.77 Å². The lowest BCUT2D eigenvalue weighted by molar-refractivity contribution is 0.415. The van der Waals surface area contributed by atoms with E-state index in [0.717, 1.165) is 16.9 Å². The van der Waals surface area contributed by atoms with Crippen LogP contribution in [0.15, 0.2) is 48.5 Å². The van der Waals surface area contributed by atoms with Gasteiger partial charge in [0, 0.05) is 10.6 Å². The lowest BCUT2D eigenvalue weighted by Crippen LogP contribution is -2.00. The smallest absolute Gasteiger partial charge is 0.200 e. The summed E-state index contributed by atoms with van der Waals surface area (Å²) in [5, 5.41) is 1.77. The Morgan fingerprint density at radius 2 is 1.75 bits per heavy atom. The summed E-state index contributed by atoms with van der Waals surface area (Å²) < 4.78 is 5.51. The van der Waals surface area contributed by atoms with Crippen LogP contribution in [0.2, 0.25) is 10.0 Å². The number of nitrogens with zero attached hydrogens (tertiary/aromatic N) is 2. The van der Waals surface area contributed by atoms with Gasteiger partial charge in [0.25, 0.3) is 0 Å². The summed E-state index contributed by atoms with van der Waals surface area (Å²) >= 11 is 17.7. The van der Waals surface area contributed by atoms with Crippen LogP contribution in [0.4, 0.5) is 5.82 Å². The zero-order chi connectivity index (χ0) is 19.8. The zero-order valence-electron chi connectivity index (χ0n) is 14.7.